The predicted molar refractivity (Wildman–Crippen MR) is 92.0 cm³/mol. The molecule has 1 aliphatic rings. The summed E-state index contributed by atoms with van der Waals surface area (Å²) in [7, 11) is 0. The topological polar surface area (TPSA) is 49.4 Å². The molecule has 4 nitrogen and oxygen atoms in total. The molecule has 23 heavy (non-hydrogen) atoms. The van der Waals surface area contributed by atoms with E-state index in [0.717, 1.165) is 19.4 Å². The molecule has 0 saturated carbocycles. The first kappa shape index (κ1) is 17.5. The molecule has 1 aromatic carbocycles. The third-order valence-electron chi connectivity index (χ3n) is 4.40. The molecule has 1 unspecified atom stereocenters. The van der Waals surface area contributed by atoms with Gasteiger partial charge < -0.3 is 10.2 Å². The first-order chi connectivity index (χ1) is 11.0. The van der Waals surface area contributed by atoms with Gasteiger partial charge in [-0.05, 0) is 31.2 Å². The minimum atomic E-state index is -0.187. The number of benzene rings is 1. The molecule has 0 bridgehead atoms. The van der Waals surface area contributed by atoms with Crippen molar-refractivity contribution in [3.05, 3.63) is 35.4 Å². The van der Waals surface area contributed by atoms with Crippen LogP contribution in [-0.2, 0) is 16.0 Å². The monoisotopic (exact) mass is 316 g/mol. The lowest BCUT2D eigenvalue weighted by atomic mass is 10.1. The summed E-state index contributed by atoms with van der Waals surface area (Å²) in [4.78, 5) is 26.0. The van der Waals surface area contributed by atoms with Gasteiger partial charge in [0.05, 0.1) is 5.92 Å². The van der Waals surface area contributed by atoms with Crippen LogP contribution in [0.3, 0.4) is 0 Å². The van der Waals surface area contributed by atoms with Crippen LogP contribution in [0.2, 0.25) is 0 Å². The van der Waals surface area contributed by atoms with E-state index in [4.69, 9.17) is 0 Å². The van der Waals surface area contributed by atoms with E-state index in [1.54, 1.807) is 0 Å². The molecular formula is C19H28N2O2. The Morgan fingerprint density at radius 1 is 1.30 bits per heavy atom. The molecule has 1 fully saturated rings. The van der Waals surface area contributed by atoms with E-state index < -0.39 is 0 Å². The van der Waals surface area contributed by atoms with Gasteiger partial charge in [-0.2, -0.15) is 0 Å². The van der Waals surface area contributed by atoms with E-state index in [1.807, 2.05) is 4.90 Å². The van der Waals surface area contributed by atoms with Crippen LogP contribution in [-0.4, -0.2) is 36.3 Å². The van der Waals surface area contributed by atoms with Gasteiger partial charge in [0, 0.05) is 26.1 Å². The largest absolute Gasteiger partial charge is 0.355 e. The van der Waals surface area contributed by atoms with Crippen molar-refractivity contribution in [1.82, 2.24) is 10.2 Å². The van der Waals surface area contributed by atoms with E-state index in [9.17, 15) is 9.59 Å². The fourth-order valence-electron chi connectivity index (χ4n) is 2.81. The maximum atomic E-state index is 12.2. The van der Waals surface area contributed by atoms with Crippen LogP contribution in [0, 0.1) is 18.8 Å². The van der Waals surface area contributed by atoms with Gasteiger partial charge in [-0.3, -0.25) is 9.59 Å². The molecule has 126 valence electrons. The summed E-state index contributed by atoms with van der Waals surface area (Å²) in [6.07, 6.45) is 2.17. The number of likely N-dealkylation sites (tertiary alicyclic amines) is 1. The first-order valence-corrected chi connectivity index (χ1v) is 8.56. The Labute approximate surface area is 139 Å². The number of nitrogens with one attached hydrogen (secondary N) is 1. The number of carbonyl (C=O) groups excluding carboxylic acids is 2. The molecule has 0 aliphatic carbocycles. The Hall–Kier alpha value is -1.84. The van der Waals surface area contributed by atoms with E-state index in [-0.39, 0.29) is 17.7 Å². The summed E-state index contributed by atoms with van der Waals surface area (Å²) < 4.78 is 0. The standard InChI is InChI=1S/C19H28N2O2/c1-14(2)9-11-21-13-17(12-18(21)22)19(23)20-10-8-16-6-4-15(3)5-7-16/h4-7,14,17H,8-13H2,1-3H3,(H,20,23). The zero-order valence-corrected chi connectivity index (χ0v) is 14.5. The highest BCUT2D eigenvalue weighted by Gasteiger charge is 2.33. The molecule has 2 rings (SSSR count). The lowest BCUT2D eigenvalue weighted by Crippen LogP contribution is -2.34. The third-order valence-corrected chi connectivity index (χ3v) is 4.40. The van der Waals surface area contributed by atoms with Crippen LogP contribution in [0.5, 0.6) is 0 Å². The smallest absolute Gasteiger partial charge is 0.225 e. The van der Waals surface area contributed by atoms with Crippen molar-refractivity contribution >= 4 is 11.8 Å². The van der Waals surface area contributed by atoms with E-state index in [0.29, 0.717) is 25.4 Å². The fraction of sp³-hybridized carbons (Fsp3) is 0.579. The van der Waals surface area contributed by atoms with Crippen molar-refractivity contribution in [2.45, 2.75) is 40.0 Å². The van der Waals surface area contributed by atoms with Gasteiger partial charge in [0.15, 0.2) is 0 Å². The quantitative estimate of drug-likeness (QED) is 0.840. The normalized spacial score (nSPS) is 17.8. The predicted octanol–water partition coefficient (Wildman–Crippen LogP) is 2.55. The zero-order valence-electron chi connectivity index (χ0n) is 14.5. The molecule has 1 aromatic rings. The zero-order chi connectivity index (χ0) is 16.8. The Morgan fingerprint density at radius 2 is 2.00 bits per heavy atom. The summed E-state index contributed by atoms with van der Waals surface area (Å²) in [5.74, 6) is 0.514. The van der Waals surface area contributed by atoms with E-state index in [1.165, 1.54) is 11.1 Å². The molecule has 1 saturated heterocycles. The number of rotatable bonds is 7. The van der Waals surface area contributed by atoms with Crippen molar-refractivity contribution in [1.29, 1.82) is 0 Å². The summed E-state index contributed by atoms with van der Waals surface area (Å²) in [5, 5.41) is 2.98. The average Bonchev–Trinajstić information content (AvgIpc) is 2.88. The van der Waals surface area contributed by atoms with Crippen LogP contribution >= 0.6 is 0 Å². The highest BCUT2D eigenvalue weighted by Crippen LogP contribution is 2.19. The maximum Gasteiger partial charge on any atom is 0.225 e. The summed E-state index contributed by atoms with van der Waals surface area (Å²) in [5.41, 5.74) is 2.46. The van der Waals surface area contributed by atoms with Crippen molar-refractivity contribution in [3.8, 4) is 0 Å². The lowest BCUT2D eigenvalue weighted by molar-refractivity contribution is -0.129. The van der Waals surface area contributed by atoms with Gasteiger partial charge in [-0.25, -0.2) is 0 Å². The highest BCUT2D eigenvalue weighted by molar-refractivity contribution is 5.89. The van der Waals surface area contributed by atoms with Crippen molar-refractivity contribution < 1.29 is 9.59 Å². The fourth-order valence-corrected chi connectivity index (χ4v) is 2.81. The minimum absolute atomic E-state index is 0.0116. The molecule has 4 heteroatoms. The van der Waals surface area contributed by atoms with Crippen molar-refractivity contribution in [2.75, 3.05) is 19.6 Å². The Bertz CT molecular complexity index is 537. The van der Waals surface area contributed by atoms with Crippen molar-refractivity contribution in [3.63, 3.8) is 0 Å². The van der Waals surface area contributed by atoms with Crippen LogP contribution in [0.1, 0.15) is 37.8 Å². The number of carbonyl (C=O) groups is 2. The molecule has 1 N–H and O–H groups in total. The van der Waals surface area contributed by atoms with Gasteiger partial charge in [0.25, 0.3) is 0 Å². The molecule has 0 aromatic heterocycles. The maximum absolute atomic E-state index is 12.2. The number of hydrogen-bond acceptors (Lipinski definition) is 2. The minimum Gasteiger partial charge on any atom is -0.355 e. The SMILES string of the molecule is Cc1ccc(CCNC(=O)C2CC(=O)N(CCC(C)C)C2)cc1. The molecule has 1 heterocycles. The van der Waals surface area contributed by atoms with Gasteiger partial charge >= 0.3 is 0 Å². The van der Waals surface area contributed by atoms with E-state index in [2.05, 4.69) is 50.4 Å². The van der Waals surface area contributed by atoms with Gasteiger partial charge in [0.2, 0.25) is 11.8 Å². The second-order valence-corrected chi connectivity index (χ2v) is 6.95. The number of aryl methyl sites for hydroxylation is 1. The Morgan fingerprint density at radius 3 is 2.65 bits per heavy atom. The summed E-state index contributed by atoms with van der Waals surface area (Å²) in [6.45, 7) is 8.32. The second kappa shape index (κ2) is 8.14. The summed E-state index contributed by atoms with van der Waals surface area (Å²) in [6, 6.07) is 8.35. The highest BCUT2D eigenvalue weighted by atomic mass is 16.2. The first-order valence-electron chi connectivity index (χ1n) is 8.56. The van der Waals surface area contributed by atoms with Crippen LogP contribution < -0.4 is 5.32 Å². The average molecular weight is 316 g/mol. The van der Waals surface area contributed by atoms with E-state index >= 15 is 0 Å². The van der Waals surface area contributed by atoms with Gasteiger partial charge in [-0.15, -0.1) is 0 Å². The van der Waals surface area contributed by atoms with Crippen LogP contribution in [0.15, 0.2) is 24.3 Å². The molecule has 0 spiro atoms. The summed E-state index contributed by atoms with van der Waals surface area (Å²) >= 11 is 0. The Kier molecular flexibility index (Phi) is 6.20. The van der Waals surface area contributed by atoms with Crippen molar-refractivity contribution in [2.24, 2.45) is 11.8 Å². The lowest BCUT2D eigenvalue weighted by Gasteiger charge is -2.17. The van der Waals surface area contributed by atoms with Gasteiger partial charge in [0.1, 0.15) is 0 Å². The Balaban J connectivity index is 1.73. The molecular weight excluding hydrogens is 288 g/mol. The third kappa shape index (κ3) is 5.38. The molecule has 1 aliphatic heterocycles. The molecule has 2 amide bonds. The van der Waals surface area contributed by atoms with Gasteiger partial charge in [-0.1, -0.05) is 43.7 Å². The molecule has 0 radical (unpaired) electrons. The number of amides is 2. The van der Waals surface area contributed by atoms with Crippen LogP contribution in [0.4, 0.5) is 0 Å². The number of nitrogens with zero attached hydrogens (tertiary/aromatic N) is 1. The number of hydrogen-bond donors (Lipinski definition) is 1. The molecule has 1 atom stereocenters. The second-order valence-electron chi connectivity index (χ2n) is 6.95. The van der Waals surface area contributed by atoms with Crippen LogP contribution in [0.25, 0.3) is 0 Å².